The van der Waals surface area contributed by atoms with Crippen LogP contribution >= 0.6 is 0 Å². The van der Waals surface area contributed by atoms with Gasteiger partial charge in [0.25, 0.3) is 0 Å². The van der Waals surface area contributed by atoms with Gasteiger partial charge in [-0.1, -0.05) is 69.3 Å². The summed E-state index contributed by atoms with van der Waals surface area (Å²) in [4.78, 5) is 0. The van der Waals surface area contributed by atoms with E-state index in [-0.39, 0.29) is 0 Å². The topological polar surface area (TPSA) is 0 Å². The Balaban J connectivity index is 0.000000574. The molecule has 0 saturated carbocycles. The number of rotatable bonds is 1. The Bertz CT molecular complexity index is 596. The number of hydrogen-bond donors (Lipinski definition) is 0. The monoisotopic (exact) mass is 236 g/mol. The zero-order valence-corrected chi connectivity index (χ0v) is 11.4. The molecule has 0 nitrogen and oxygen atoms in total. The number of aryl methyl sites for hydroxylation is 1. The van der Waals surface area contributed by atoms with Crippen LogP contribution in [0.1, 0.15) is 26.3 Å². The smallest absolute Gasteiger partial charge is 0.0146 e. The highest BCUT2D eigenvalue weighted by molar-refractivity contribution is 6.02. The first-order valence-corrected chi connectivity index (χ1v) is 6.79. The van der Waals surface area contributed by atoms with Crippen molar-refractivity contribution < 1.29 is 0 Å². The molecule has 3 aromatic rings. The zero-order chi connectivity index (χ0) is 13.0. The van der Waals surface area contributed by atoms with Crippen molar-refractivity contribution in [2.45, 2.75) is 27.2 Å². The van der Waals surface area contributed by atoms with E-state index < -0.39 is 0 Å². The lowest BCUT2D eigenvalue weighted by molar-refractivity contribution is 1.18. The van der Waals surface area contributed by atoms with Crippen molar-refractivity contribution in [2.75, 3.05) is 0 Å². The van der Waals surface area contributed by atoms with E-state index in [9.17, 15) is 0 Å². The maximum atomic E-state index is 2.28. The van der Waals surface area contributed by atoms with Gasteiger partial charge in [-0.25, -0.2) is 0 Å². The summed E-state index contributed by atoms with van der Waals surface area (Å²) >= 11 is 0. The quantitative estimate of drug-likeness (QED) is 0.484. The Labute approximate surface area is 109 Å². The summed E-state index contributed by atoms with van der Waals surface area (Å²) in [7, 11) is 0. The maximum absolute atomic E-state index is 2.28. The van der Waals surface area contributed by atoms with Crippen molar-refractivity contribution in [3.63, 3.8) is 0 Å². The summed E-state index contributed by atoms with van der Waals surface area (Å²) in [5.41, 5.74) is 1.47. The molecule has 0 aliphatic carbocycles. The number of benzene rings is 3. The number of hydrogen-bond acceptors (Lipinski definition) is 0. The van der Waals surface area contributed by atoms with Crippen LogP contribution in [0.3, 0.4) is 0 Å². The summed E-state index contributed by atoms with van der Waals surface area (Å²) < 4.78 is 0. The standard InChI is InChI=1S/C16H14.C2H6/c1-2-14-15-9-5-3-7-12(15)11-13-8-4-6-10-16(13)14;1-2/h3-11H,2H2,1H3;1-2H3. The van der Waals surface area contributed by atoms with Gasteiger partial charge >= 0.3 is 0 Å². The Hall–Kier alpha value is -1.82. The molecular formula is C18H20. The molecule has 0 aliphatic heterocycles. The van der Waals surface area contributed by atoms with Crippen LogP contribution in [0.15, 0.2) is 54.6 Å². The van der Waals surface area contributed by atoms with Crippen LogP contribution in [0, 0.1) is 0 Å². The third kappa shape index (κ3) is 2.11. The summed E-state index contributed by atoms with van der Waals surface area (Å²) in [5.74, 6) is 0. The average Bonchev–Trinajstić information content (AvgIpc) is 2.46. The van der Waals surface area contributed by atoms with Crippen molar-refractivity contribution in [1.29, 1.82) is 0 Å². The van der Waals surface area contributed by atoms with Gasteiger partial charge in [0.05, 0.1) is 0 Å². The van der Waals surface area contributed by atoms with Gasteiger partial charge in [-0.15, -0.1) is 0 Å². The van der Waals surface area contributed by atoms with Crippen molar-refractivity contribution in [3.05, 3.63) is 60.2 Å². The summed E-state index contributed by atoms with van der Waals surface area (Å²) in [6.45, 7) is 6.23. The largest absolute Gasteiger partial charge is 0.0683 e. The minimum Gasteiger partial charge on any atom is -0.0683 e. The van der Waals surface area contributed by atoms with Crippen LogP contribution < -0.4 is 0 Å². The lowest BCUT2D eigenvalue weighted by Gasteiger charge is -2.09. The van der Waals surface area contributed by atoms with E-state index in [1.165, 1.54) is 27.1 Å². The molecule has 0 heterocycles. The number of fused-ring (bicyclic) bond motifs is 2. The van der Waals surface area contributed by atoms with E-state index in [1.54, 1.807) is 0 Å². The third-order valence-electron chi connectivity index (χ3n) is 3.24. The van der Waals surface area contributed by atoms with Crippen LogP contribution in [0.4, 0.5) is 0 Å². The molecule has 0 bridgehead atoms. The van der Waals surface area contributed by atoms with Crippen LogP contribution in [0.5, 0.6) is 0 Å². The second kappa shape index (κ2) is 5.68. The molecule has 18 heavy (non-hydrogen) atoms. The molecule has 0 amide bonds. The molecule has 0 radical (unpaired) electrons. The van der Waals surface area contributed by atoms with E-state index in [0.717, 1.165) is 6.42 Å². The van der Waals surface area contributed by atoms with Gasteiger partial charge in [0.2, 0.25) is 0 Å². The van der Waals surface area contributed by atoms with Crippen molar-refractivity contribution in [2.24, 2.45) is 0 Å². The molecule has 3 rings (SSSR count). The molecule has 0 atom stereocenters. The Kier molecular flexibility index (Phi) is 3.99. The summed E-state index contributed by atoms with van der Waals surface area (Å²) in [6, 6.07) is 19.6. The van der Waals surface area contributed by atoms with Crippen molar-refractivity contribution in [1.82, 2.24) is 0 Å². The molecule has 0 aromatic heterocycles. The molecule has 0 fully saturated rings. The Morgan fingerprint density at radius 3 is 1.61 bits per heavy atom. The molecule has 0 N–H and O–H groups in total. The summed E-state index contributed by atoms with van der Waals surface area (Å²) in [6.07, 6.45) is 1.09. The molecule has 0 aliphatic rings. The lowest BCUT2D eigenvalue weighted by atomic mass is 9.95. The van der Waals surface area contributed by atoms with E-state index >= 15 is 0 Å². The minimum atomic E-state index is 1.09. The predicted molar refractivity (Wildman–Crippen MR) is 82.2 cm³/mol. The lowest BCUT2D eigenvalue weighted by Crippen LogP contribution is -1.86. The average molecular weight is 236 g/mol. The fourth-order valence-electron chi connectivity index (χ4n) is 2.49. The van der Waals surface area contributed by atoms with Crippen molar-refractivity contribution in [3.8, 4) is 0 Å². The van der Waals surface area contributed by atoms with Gasteiger partial charge in [0, 0.05) is 0 Å². The van der Waals surface area contributed by atoms with Crippen LogP contribution in [-0.4, -0.2) is 0 Å². The van der Waals surface area contributed by atoms with Crippen LogP contribution in [-0.2, 0) is 6.42 Å². The normalized spacial score (nSPS) is 10.2. The van der Waals surface area contributed by atoms with E-state index in [2.05, 4.69) is 61.5 Å². The highest BCUT2D eigenvalue weighted by Crippen LogP contribution is 2.28. The SMILES string of the molecule is CC.CCc1c2ccccc2cc2ccccc12. The zero-order valence-electron chi connectivity index (χ0n) is 11.4. The Morgan fingerprint density at radius 1 is 0.722 bits per heavy atom. The first-order valence-electron chi connectivity index (χ1n) is 6.79. The highest BCUT2D eigenvalue weighted by atomic mass is 14.1. The fraction of sp³-hybridized carbons (Fsp3) is 0.222. The predicted octanol–water partition coefficient (Wildman–Crippen LogP) is 5.58. The molecule has 3 aromatic carbocycles. The first-order chi connectivity index (χ1) is 8.90. The molecular weight excluding hydrogens is 216 g/mol. The second-order valence-corrected chi connectivity index (χ2v) is 4.15. The minimum absolute atomic E-state index is 1.09. The maximum Gasteiger partial charge on any atom is -0.0146 e. The van der Waals surface area contributed by atoms with Gasteiger partial charge in [0.15, 0.2) is 0 Å². The fourth-order valence-corrected chi connectivity index (χ4v) is 2.49. The van der Waals surface area contributed by atoms with Crippen LogP contribution in [0.2, 0.25) is 0 Å². The molecule has 0 unspecified atom stereocenters. The first kappa shape index (κ1) is 12.6. The Morgan fingerprint density at radius 2 is 1.17 bits per heavy atom. The van der Waals surface area contributed by atoms with Crippen molar-refractivity contribution >= 4 is 21.5 Å². The highest BCUT2D eigenvalue weighted by Gasteiger charge is 2.04. The van der Waals surface area contributed by atoms with Gasteiger partial charge in [-0.3, -0.25) is 0 Å². The van der Waals surface area contributed by atoms with Crippen LogP contribution in [0.25, 0.3) is 21.5 Å². The molecule has 92 valence electrons. The molecule has 0 heteroatoms. The van der Waals surface area contributed by atoms with E-state index in [4.69, 9.17) is 0 Å². The third-order valence-corrected chi connectivity index (χ3v) is 3.24. The van der Waals surface area contributed by atoms with Gasteiger partial charge in [-0.05, 0) is 39.6 Å². The van der Waals surface area contributed by atoms with E-state index in [1.807, 2.05) is 13.8 Å². The second-order valence-electron chi connectivity index (χ2n) is 4.15. The van der Waals surface area contributed by atoms with Gasteiger partial charge in [-0.2, -0.15) is 0 Å². The van der Waals surface area contributed by atoms with E-state index in [0.29, 0.717) is 0 Å². The van der Waals surface area contributed by atoms with Gasteiger partial charge in [0.1, 0.15) is 0 Å². The van der Waals surface area contributed by atoms with Gasteiger partial charge < -0.3 is 0 Å². The molecule has 0 spiro atoms. The summed E-state index contributed by atoms with van der Waals surface area (Å²) in [5, 5.41) is 5.48. The molecule has 0 saturated heterocycles.